The van der Waals surface area contributed by atoms with Crippen molar-refractivity contribution in [1.82, 2.24) is 20.4 Å². The number of nitrogens with zero attached hydrogens (tertiary/aromatic N) is 3. The number of aliphatic imine (C=N–C) groups is 1. The standard InChI is InChI=1S/C16H20BrN5O/c1-18-9-10-20-15(22-16(19-2)13(17)11-21-22)8-7-12-5-3-4-6-14(12)23/h3-6,8,11,18,20,23H,2,7,9-10H2,1H3/b15-8-. The van der Waals surface area contributed by atoms with Crippen molar-refractivity contribution >= 4 is 34.3 Å². The van der Waals surface area contributed by atoms with E-state index in [1.807, 2.05) is 25.3 Å². The third kappa shape index (κ3) is 4.43. The summed E-state index contributed by atoms with van der Waals surface area (Å²) in [7, 11) is 1.90. The molecule has 122 valence electrons. The predicted molar refractivity (Wildman–Crippen MR) is 97.1 cm³/mol. The maximum atomic E-state index is 9.89. The van der Waals surface area contributed by atoms with Crippen LogP contribution in [0.3, 0.4) is 0 Å². The van der Waals surface area contributed by atoms with E-state index in [1.165, 1.54) is 0 Å². The molecule has 0 unspecified atom stereocenters. The van der Waals surface area contributed by atoms with Crippen LogP contribution in [-0.2, 0) is 6.42 Å². The number of likely N-dealkylation sites (N-methyl/N-ethyl adjacent to an activating group) is 1. The van der Waals surface area contributed by atoms with Crippen molar-refractivity contribution in [3.05, 3.63) is 46.6 Å². The highest BCUT2D eigenvalue weighted by molar-refractivity contribution is 9.10. The molecule has 0 radical (unpaired) electrons. The van der Waals surface area contributed by atoms with Gasteiger partial charge in [-0.25, -0.2) is 4.99 Å². The van der Waals surface area contributed by atoms with Crippen LogP contribution >= 0.6 is 15.9 Å². The quantitative estimate of drug-likeness (QED) is 0.488. The number of rotatable bonds is 8. The molecule has 0 bridgehead atoms. The lowest BCUT2D eigenvalue weighted by Crippen LogP contribution is -2.26. The van der Waals surface area contributed by atoms with Crippen LogP contribution in [0.5, 0.6) is 5.75 Å². The van der Waals surface area contributed by atoms with Crippen LogP contribution in [-0.4, -0.2) is 41.7 Å². The molecule has 23 heavy (non-hydrogen) atoms. The monoisotopic (exact) mass is 377 g/mol. The number of phenolic OH excluding ortho intramolecular Hbond substituents is 1. The van der Waals surface area contributed by atoms with Crippen molar-refractivity contribution < 1.29 is 5.11 Å². The summed E-state index contributed by atoms with van der Waals surface area (Å²) in [5, 5.41) is 20.6. The molecule has 0 aliphatic carbocycles. The van der Waals surface area contributed by atoms with Gasteiger partial charge >= 0.3 is 0 Å². The molecule has 1 aromatic carbocycles. The summed E-state index contributed by atoms with van der Waals surface area (Å²) in [5.41, 5.74) is 0.847. The highest BCUT2D eigenvalue weighted by Crippen LogP contribution is 2.26. The van der Waals surface area contributed by atoms with Gasteiger partial charge in [0.05, 0.1) is 10.7 Å². The number of halogens is 1. The number of nitrogens with one attached hydrogen (secondary N) is 2. The second-order valence-corrected chi connectivity index (χ2v) is 5.69. The number of aromatic nitrogens is 2. The molecular formula is C16H20BrN5O. The van der Waals surface area contributed by atoms with Gasteiger partial charge in [0.1, 0.15) is 11.6 Å². The van der Waals surface area contributed by atoms with Crippen LogP contribution in [0.15, 0.2) is 46.0 Å². The minimum Gasteiger partial charge on any atom is -0.508 e. The second-order valence-electron chi connectivity index (χ2n) is 4.84. The van der Waals surface area contributed by atoms with E-state index >= 15 is 0 Å². The average Bonchev–Trinajstić information content (AvgIpc) is 2.93. The molecule has 0 amide bonds. The Balaban J connectivity index is 2.28. The fraction of sp³-hybridized carbons (Fsp3) is 0.250. The molecule has 7 heteroatoms. The number of benzene rings is 1. The van der Waals surface area contributed by atoms with Gasteiger partial charge in [-0.1, -0.05) is 18.2 Å². The zero-order chi connectivity index (χ0) is 16.7. The number of phenols is 1. The zero-order valence-electron chi connectivity index (χ0n) is 13.0. The Bertz CT molecular complexity index is 696. The molecule has 0 atom stereocenters. The Morgan fingerprint density at radius 2 is 2.22 bits per heavy atom. The Morgan fingerprint density at radius 1 is 1.43 bits per heavy atom. The normalized spacial score (nSPS) is 11.5. The van der Waals surface area contributed by atoms with E-state index in [2.05, 4.69) is 43.4 Å². The van der Waals surface area contributed by atoms with Crippen LogP contribution in [0.4, 0.5) is 5.82 Å². The molecule has 0 spiro atoms. The van der Waals surface area contributed by atoms with E-state index in [0.29, 0.717) is 12.2 Å². The largest absolute Gasteiger partial charge is 0.508 e. The van der Waals surface area contributed by atoms with Crippen molar-refractivity contribution in [3.63, 3.8) is 0 Å². The van der Waals surface area contributed by atoms with Gasteiger partial charge in [0.2, 0.25) is 0 Å². The summed E-state index contributed by atoms with van der Waals surface area (Å²) in [6.45, 7) is 5.13. The van der Waals surface area contributed by atoms with Crippen molar-refractivity contribution in [2.24, 2.45) is 4.99 Å². The molecule has 0 aliphatic heterocycles. The van der Waals surface area contributed by atoms with Crippen LogP contribution in [0.25, 0.3) is 5.82 Å². The van der Waals surface area contributed by atoms with Gasteiger partial charge in [0.25, 0.3) is 0 Å². The molecule has 6 nitrogen and oxygen atoms in total. The van der Waals surface area contributed by atoms with Crippen molar-refractivity contribution in [2.45, 2.75) is 6.42 Å². The third-order valence-electron chi connectivity index (χ3n) is 3.27. The molecule has 0 aliphatic rings. The number of aromatic hydroxyl groups is 1. The molecule has 2 rings (SSSR count). The molecule has 1 heterocycles. The Labute approximate surface area is 144 Å². The lowest BCUT2D eigenvalue weighted by Gasteiger charge is -2.13. The fourth-order valence-corrected chi connectivity index (χ4v) is 2.46. The Morgan fingerprint density at radius 3 is 2.91 bits per heavy atom. The third-order valence-corrected chi connectivity index (χ3v) is 3.83. The first-order valence-electron chi connectivity index (χ1n) is 7.23. The summed E-state index contributed by atoms with van der Waals surface area (Å²) in [6, 6.07) is 7.28. The van der Waals surface area contributed by atoms with Crippen molar-refractivity contribution in [2.75, 3.05) is 20.1 Å². The summed E-state index contributed by atoms with van der Waals surface area (Å²) in [6.07, 6.45) is 4.22. The van der Waals surface area contributed by atoms with Gasteiger partial charge in [-0.05, 0) is 53.8 Å². The first kappa shape index (κ1) is 17.2. The van der Waals surface area contributed by atoms with E-state index in [1.54, 1.807) is 23.0 Å². The van der Waals surface area contributed by atoms with E-state index in [-0.39, 0.29) is 5.75 Å². The molecule has 0 saturated heterocycles. The fourth-order valence-electron chi connectivity index (χ4n) is 2.08. The van der Waals surface area contributed by atoms with E-state index in [9.17, 15) is 5.11 Å². The van der Waals surface area contributed by atoms with Crippen LogP contribution in [0, 0.1) is 0 Å². The highest BCUT2D eigenvalue weighted by atomic mass is 79.9. The molecule has 0 saturated carbocycles. The van der Waals surface area contributed by atoms with Gasteiger partial charge in [-0.15, -0.1) is 0 Å². The second kappa shape index (κ2) is 8.50. The molecule has 0 fully saturated rings. The average molecular weight is 378 g/mol. The smallest absolute Gasteiger partial charge is 0.171 e. The minimum atomic E-state index is 0.280. The maximum absolute atomic E-state index is 9.89. The topological polar surface area (TPSA) is 74.5 Å². The van der Waals surface area contributed by atoms with E-state index in [4.69, 9.17) is 0 Å². The first-order valence-corrected chi connectivity index (χ1v) is 8.02. The lowest BCUT2D eigenvalue weighted by molar-refractivity contribution is 0.469. The number of hydrogen-bond donors (Lipinski definition) is 3. The van der Waals surface area contributed by atoms with Gasteiger partial charge in [0, 0.05) is 13.1 Å². The Kier molecular flexibility index (Phi) is 6.37. The summed E-state index contributed by atoms with van der Waals surface area (Å²) in [4.78, 5) is 4.01. The predicted octanol–water partition coefficient (Wildman–Crippen LogP) is 2.53. The number of para-hydroxylation sites is 1. The van der Waals surface area contributed by atoms with Crippen molar-refractivity contribution in [3.8, 4) is 5.75 Å². The SMILES string of the molecule is C=Nc1c(Br)cnn1/C(=C\Cc1ccccc1O)NCCNC. The lowest BCUT2D eigenvalue weighted by atomic mass is 10.1. The number of allylic oxidation sites excluding steroid dienone is 1. The van der Waals surface area contributed by atoms with Gasteiger partial charge in [-0.2, -0.15) is 9.78 Å². The van der Waals surface area contributed by atoms with E-state index < -0.39 is 0 Å². The van der Waals surface area contributed by atoms with Gasteiger partial charge in [-0.3, -0.25) is 0 Å². The maximum Gasteiger partial charge on any atom is 0.171 e. The van der Waals surface area contributed by atoms with E-state index in [0.717, 1.165) is 28.9 Å². The summed E-state index contributed by atoms with van der Waals surface area (Å²) < 4.78 is 2.46. The van der Waals surface area contributed by atoms with Crippen LogP contribution < -0.4 is 10.6 Å². The first-order chi connectivity index (χ1) is 11.2. The molecule has 3 N–H and O–H groups in total. The molecule has 1 aromatic heterocycles. The van der Waals surface area contributed by atoms with Crippen LogP contribution in [0.2, 0.25) is 0 Å². The van der Waals surface area contributed by atoms with Crippen molar-refractivity contribution in [1.29, 1.82) is 0 Å². The minimum absolute atomic E-state index is 0.280. The zero-order valence-corrected chi connectivity index (χ0v) is 14.5. The summed E-state index contributed by atoms with van der Waals surface area (Å²) >= 11 is 3.41. The molecule has 2 aromatic rings. The van der Waals surface area contributed by atoms with Gasteiger partial charge in [0.15, 0.2) is 5.82 Å². The summed E-state index contributed by atoms with van der Waals surface area (Å²) in [5.74, 6) is 1.70. The Hall–Kier alpha value is -2.12. The highest BCUT2D eigenvalue weighted by Gasteiger charge is 2.11. The van der Waals surface area contributed by atoms with Gasteiger partial charge < -0.3 is 15.7 Å². The number of hydrogen-bond acceptors (Lipinski definition) is 5. The van der Waals surface area contributed by atoms with Crippen LogP contribution in [0.1, 0.15) is 5.56 Å². The molecular weight excluding hydrogens is 358 g/mol.